The molecule has 156 valence electrons. The summed E-state index contributed by atoms with van der Waals surface area (Å²) in [4.78, 5) is 34.6. The maximum Gasteiger partial charge on any atom is 0.261 e. The fourth-order valence-corrected chi connectivity index (χ4v) is 3.60. The van der Waals surface area contributed by atoms with Crippen LogP contribution in [0, 0.1) is 0 Å². The van der Waals surface area contributed by atoms with Crippen molar-refractivity contribution in [3.8, 4) is 0 Å². The van der Waals surface area contributed by atoms with Crippen LogP contribution in [0.3, 0.4) is 0 Å². The minimum absolute atomic E-state index is 0.180. The molecule has 0 atom stereocenters. The largest absolute Gasteiger partial charge is 0.297 e. The summed E-state index contributed by atoms with van der Waals surface area (Å²) < 4.78 is 6.45. The molecule has 0 amide bonds. The van der Waals surface area contributed by atoms with Crippen LogP contribution in [0.2, 0.25) is 5.02 Å². The summed E-state index contributed by atoms with van der Waals surface area (Å²) in [6.45, 7) is 1.86. The maximum absolute atomic E-state index is 12.9. The lowest BCUT2D eigenvalue weighted by Crippen LogP contribution is -2.25. The second-order valence-electron chi connectivity index (χ2n) is 7.06. The Bertz CT molecular complexity index is 1500. The molecule has 0 saturated carbocycles. The van der Waals surface area contributed by atoms with Crippen molar-refractivity contribution in [3.63, 3.8) is 0 Å². The lowest BCUT2D eigenvalue weighted by Gasteiger charge is -2.09. The van der Waals surface area contributed by atoms with Gasteiger partial charge >= 0.3 is 0 Å². The van der Waals surface area contributed by atoms with Crippen molar-refractivity contribution < 1.29 is 0 Å². The fourth-order valence-electron chi connectivity index (χ4n) is 3.44. The van der Waals surface area contributed by atoms with E-state index in [9.17, 15) is 9.59 Å². The molecule has 10 nitrogen and oxygen atoms in total. The predicted molar refractivity (Wildman–Crippen MR) is 115 cm³/mol. The lowest BCUT2D eigenvalue weighted by atomic mass is 10.1. The van der Waals surface area contributed by atoms with Gasteiger partial charge in [-0.25, -0.2) is 9.97 Å². The van der Waals surface area contributed by atoms with Gasteiger partial charge in [0.25, 0.3) is 11.1 Å². The molecule has 31 heavy (non-hydrogen) atoms. The molecule has 0 aliphatic heterocycles. The topological polar surface area (TPSA) is 105 Å². The van der Waals surface area contributed by atoms with Gasteiger partial charge in [0, 0.05) is 31.7 Å². The Balaban J connectivity index is 1.47. The minimum Gasteiger partial charge on any atom is -0.297 e. The van der Waals surface area contributed by atoms with Crippen LogP contribution in [0.4, 0.5) is 0 Å². The van der Waals surface area contributed by atoms with Gasteiger partial charge in [0.1, 0.15) is 0 Å². The van der Waals surface area contributed by atoms with Gasteiger partial charge in [-0.1, -0.05) is 11.6 Å². The molecule has 5 rings (SSSR count). The number of fused-ring (bicyclic) bond motifs is 2. The number of nitrogens with zero attached hydrogens (tertiary/aromatic N) is 8. The van der Waals surface area contributed by atoms with Gasteiger partial charge in [-0.2, -0.15) is 10.2 Å². The number of aromatic nitrogens is 8. The van der Waals surface area contributed by atoms with Crippen molar-refractivity contribution in [2.45, 2.75) is 26.2 Å². The highest BCUT2D eigenvalue weighted by molar-refractivity contribution is 6.30. The number of aryl methyl sites for hydroxylation is 4. The molecule has 0 fully saturated rings. The van der Waals surface area contributed by atoms with Gasteiger partial charge in [-0.15, -0.1) is 0 Å². The van der Waals surface area contributed by atoms with Crippen molar-refractivity contribution in [1.82, 2.24) is 38.7 Å². The second-order valence-corrected chi connectivity index (χ2v) is 7.50. The third-order valence-electron chi connectivity index (χ3n) is 5.07. The number of rotatable bonds is 6. The zero-order valence-corrected chi connectivity index (χ0v) is 17.1. The van der Waals surface area contributed by atoms with E-state index in [-0.39, 0.29) is 11.1 Å². The van der Waals surface area contributed by atoms with Gasteiger partial charge in [-0.3, -0.25) is 28.1 Å². The normalized spacial score (nSPS) is 11.5. The Morgan fingerprint density at radius 3 is 1.94 bits per heavy atom. The third kappa shape index (κ3) is 3.73. The highest BCUT2D eigenvalue weighted by Gasteiger charge is 2.11. The first-order valence-electron chi connectivity index (χ1n) is 9.62. The van der Waals surface area contributed by atoms with E-state index in [1.165, 1.54) is 21.8 Å². The van der Waals surface area contributed by atoms with Gasteiger partial charge in [-0.05, 0) is 18.2 Å². The summed E-state index contributed by atoms with van der Waals surface area (Å²) in [6, 6.07) is 5.08. The summed E-state index contributed by atoms with van der Waals surface area (Å²) in [5.74, 6) is 0. The van der Waals surface area contributed by atoms with Crippen molar-refractivity contribution in [2.24, 2.45) is 0 Å². The molecule has 0 aliphatic rings. The molecule has 0 radical (unpaired) electrons. The molecule has 0 unspecified atom stereocenters. The minimum atomic E-state index is -0.199. The van der Waals surface area contributed by atoms with Crippen LogP contribution in [-0.2, 0) is 26.2 Å². The number of benzene rings is 1. The molecular weight excluding hydrogens is 420 g/mol. The smallest absolute Gasteiger partial charge is 0.261 e. The van der Waals surface area contributed by atoms with Gasteiger partial charge in [0.05, 0.1) is 58.8 Å². The predicted octanol–water partition coefficient (Wildman–Crippen LogP) is 1.55. The second kappa shape index (κ2) is 7.80. The molecule has 11 heteroatoms. The SMILES string of the molecule is O=c1c2cc3ncn(CCn4cc(Cl)cn4)c(=O)c3cc2ncn1CCn1cccn1. The van der Waals surface area contributed by atoms with Gasteiger partial charge in [0.2, 0.25) is 0 Å². The Morgan fingerprint density at radius 1 is 0.806 bits per heavy atom. The summed E-state index contributed by atoms with van der Waals surface area (Å²) in [5.41, 5.74) is 0.540. The van der Waals surface area contributed by atoms with Crippen molar-refractivity contribution >= 4 is 33.4 Å². The van der Waals surface area contributed by atoms with Crippen LogP contribution in [0.1, 0.15) is 0 Å². The van der Waals surface area contributed by atoms with Crippen LogP contribution in [0.25, 0.3) is 21.8 Å². The van der Waals surface area contributed by atoms with Crippen molar-refractivity contribution in [3.05, 3.63) is 81.4 Å². The molecule has 0 spiro atoms. The molecule has 1 aromatic carbocycles. The Kier molecular flexibility index (Phi) is 4.83. The maximum atomic E-state index is 12.9. The standard InChI is InChI=1S/C20H17ClN8O2/c21-14-10-25-29(11-14)7-5-27-13-23-18-8-15-17(9-16(18)20(27)31)22-12-26(19(15)30)4-6-28-3-1-2-24-28/h1-3,8-13H,4-7H2. The number of hydrogen-bond acceptors (Lipinski definition) is 6. The van der Waals surface area contributed by atoms with Crippen LogP contribution in [-0.4, -0.2) is 38.7 Å². The quantitative estimate of drug-likeness (QED) is 0.374. The van der Waals surface area contributed by atoms with E-state index in [2.05, 4.69) is 20.2 Å². The zero-order valence-electron chi connectivity index (χ0n) is 16.3. The first kappa shape index (κ1) is 19.2. The van der Waals surface area contributed by atoms with Crippen LogP contribution in [0.5, 0.6) is 0 Å². The van der Waals surface area contributed by atoms with Gasteiger partial charge in [0.15, 0.2) is 0 Å². The molecular formula is C20H17ClN8O2. The Labute approximate surface area is 180 Å². The molecule has 0 bridgehead atoms. The first-order valence-corrected chi connectivity index (χ1v) is 10.00. The molecule has 0 N–H and O–H groups in total. The molecule has 0 saturated heterocycles. The van der Waals surface area contributed by atoms with E-state index in [0.29, 0.717) is 53.0 Å². The molecule has 0 aliphatic carbocycles. The monoisotopic (exact) mass is 436 g/mol. The zero-order chi connectivity index (χ0) is 21.4. The number of hydrogen-bond donors (Lipinski definition) is 0. The van der Waals surface area contributed by atoms with Crippen LogP contribution < -0.4 is 11.1 Å². The van der Waals surface area contributed by atoms with E-state index in [1.807, 2.05) is 12.3 Å². The van der Waals surface area contributed by atoms with Crippen molar-refractivity contribution in [2.75, 3.05) is 0 Å². The molecule has 4 heterocycles. The average Bonchev–Trinajstić information content (AvgIpc) is 3.44. The Hall–Kier alpha value is -3.79. The summed E-state index contributed by atoms with van der Waals surface area (Å²) in [5, 5.41) is 9.62. The van der Waals surface area contributed by atoms with Crippen LogP contribution in [0.15, 0.2) is 65.2 Å². The van der Waals surface area contributed by atoms with E-state index in [4.69, 9.17) is 11.6 Å². The van der Waals surface area contributed by atoms with Crippen LogP contribution >= 0.6 is 11.6 Å². The van der Waals surface area contributed by atoms with E-state index in [0.717, 1.165) is 0 Å². The van der Waals surface area contributed by atoms with E-state index in [1.54, 1.807) is 40.1 Å². The number of halogens is 1. The van der Waals surface area contributed by atoms with E-state index < -0.39 is 0 Å². The highest BCUT2D eigenvalue weighted by atomic mass is 35.5. The fraction of sp³-hybridized carbons (Fsp3) is 0.200. The summed E-state index contributed by atoms with van der Waals surface area (Å²) in [7, 11) is 0. The lowest BCUT2D eigenvalue weighted by molar-refractivity contribution is 0.521. The molecule has 5 aromatic rings. The highest BCUT2D eigenvalue weighted by Crippen LogP contribution is 2.14. The van der Waals surface area contributed by atoms with Gasteiger partial charge < -0.3 is 0 Å². The van der Waals surface area contributed by atoms with Crippen molar-refractivity contribution in [1.29, 1.82) is 0 Å². The molecule has 4 aromatic heterocycles. The Morgan fingerprint density at radius 2 is 1.42 bits per heavy atom. The summed E-state index contributed by atoms with van der Waals surface area (Å²) >= 11 is 5.87. The van der Waals surface area contributed by atoms with E-state index >= 15 is 0 Å². The third-order valence-corrected chi connectivity index (χ3v) is 5.27. The first-order chi connectivity index (χ1) is 15.1. The summed E-state index contributed by atoms with van der Waals surface area (Å²) in [6.07, 6.45) is 9.74. The average molecular weight is 437 g/mol.